The molecule has 4 heteroatoms. The Balaban J connectivity index is 2.36. The second kappa shape index (κ2) is 5.27. The lowest BCUT2D eigenvalue weighted by Gasteiger charge is -2.36. The molecule has 1 fully saturated rings. The Morgan fingerprint density at radius 1 is 1.53 bits per heavy atom. The summed E-state index contributed by atoms with van der Waals surface area (Å²) in [6.07, 6.45) is 4.02. The second-order valence-electron chi connectivity index (χ2n) is 4.51. The number of anilines is 1. The second-order valence-corrected chi connectivity index (χ2v) is 4.51. The van der Waals surface area contributed by atoms with E-state index in [4.69, 9.17) is 0 Å². The van der Waals surface area contributed by atoms with Crippen molar-refractivity contribution >= 4 is 12.1 Å². The standard InChI is InChI=1S/C13H18N2O2/c1-10-5-6-11(8-16)13(14-10)15-7-3-2-4-12(15)9-17/h5-6,8,12,17H,2-4,7,9H2,1H3. The van der Waals surface area contributed by atoms with Crippen LogP contribution in [0.2, 0.25) is 0 Å². The molecule has 1 aromatic rings. The van der Waals surface area contributed by atoms with Crippen LogP contribution in [0.3, 0.4) is 0 Å². The van der Waals surface area contributed by atoms with E-state index < -0.39 is 0 Å². The molecule has 0 amide bonds. The van der Waals surface area contributed by atoms with Crippen LogP contribution >= 0.6 is 0 Å². The molecule has 0 aromatic carbocycles. The van der Waals surface area contributed by atoms with Gasteiger partial charge in [-0.1, -0.05) is 0 Å². The zero-order chi connectivity index (χ0) is 12.3. The molecule has 1 aromatic heterocycles. The SMILES string of the molecule is Cc1ccc(C=O)c(N2CCCCC2CO)n1. The lowest BCUT2D eigenvalue weighted by atomic mass is 10.0. The number of pyridine rings is 1. The number of aryl methyl sites for hydroxylation is 1. The molecule has 1 atom stereocenters. The van der Waals surface area contributed by atoms with Gasteiger partial charge in [-0.05, 0) is 38.3 Å². The first-order valence-electron chi connectivity index (χ1n) is 6.06. The van der Waals surface area contributed by atoms with E-state index in [0.29, 0.717) is 5.56 Å². The van der Waals surface area contributed by atoms with Crippen molar-refractivity contribution in [1.82, 2.24) is 4.98 Å². The van der Waals surface area contributed by atoms with Crippen LogP contribution in [0, 0.1) is 6.92 Å². The van der Waals surface area contributed by atoms with Gasteiger partial charge in [0.15, 0.2) is 6.29 Å². The predicted molar refractivity (Wildman–Crippen MR) is 66.4 cm³/mol. The van der Waals surface area contributed by atoms with Gasteiger partial charge in [0.1, 0.15) is 5.82 Å². The summed E-state index contributed by atoms with van der Waals surface area (Å²) in [6.45, 7) is 2.90. The van der Waals surface area contributed by atoms with Crippen LogP contribution in [0.15, 0.2) is 12.1 Å². The molecule has 4 nitrogen and oxygen atoms in total. The van der Waals surface area contributed by atoms with Crippen LogP contribution in [0.25, 0.3) is 0 Å². The van der Waals surface area contributed by atoms with Crippen LogP contribution in [0.1, 0.15) is 35.3 Å². The number of carbonyl (C=O) groups is 1. The molecule has 1 N–H and O–H groups in total. The average molecular weight is 234 g/mol. The van der Waals surface area contributed by atoms with Gasteiger partial charge in [-0.15, -0.1) is 0 Å². The lowest BCUT2D eigenvalue weighted by Crippen LogP contribution is -2.43. The molecule has 17 heavy (non-hydrogen) atoms. The number of aliphatic hydroxyl groups excluding tert-OH is 1. The number of aromatic nitrogens is 1. The fourth-order valence-electron chi connectivity index (χ4n) is 2.35. The Morgan fingerprint density at radius 3 is 3.06 bits per heavy atom. The summed E-state index contributed by atoms with van der Waals surface area (Å²) in [5, 5.41) is 9.40. The summed E-state index contributed by atoms with van der Waals surface area (Å²) in [5.41, 5.74) is 1.50. The van der Waals surface area contributed by atoms with Gasteiger partial charge in [-0.2, -0.15) is 0 Å². The summed E-state index contributed by atoms with van der Waals surface area (Å²) in [5.74, 6) is 0.721. The van der Waals surface area contributed by atoms with E-state index in [2.05, 4.69) is 9.88 Å². The van der Waals surface area contributed by atoms with Crippen molar-refractivity contribution in [3.05, 3.63) is 23.4 Å². The first-order valence-corrected chi connectivity index (χ1v) is 6.06. The van der Waals surface area contributed by atoms with Crippen molar-refractivity contribution in [1.29, 1.82) is 0 Å². The third-order valence-electron chi connectivity index (χ3n) is 3.28. The molecule has 0 radical (unpaired) electrons. The molecule has 0 aliphatic carbocycles. The number of piperidine rings is 1. The number of nitrogens with zero attached hydrogens (tertiary/aromatic N) is 2. The number of aldehydes is 1. The fourth-order valence-corrected chi connectivity index (χ4v) is 2.35. The molecule has 0 spiro atoms. The van der Waals surface area contributed by atoms with E-state index in [0.717, 1.165) is 43.6 Å². The first-order chi connectivity index (χ1) is 8.26. The van der Waals surface area contributed by atoms with Crippen LogP contribution in [-0.2, 0) is 0 Å². The lowest BCUT2D eigenvalue weighted by molar-refractivity contribution is 0.112. The highest BCUT2D eigenvalue weighted by atomic mass is 16.3. The molecule has 0 saturated carbocycles. The molecule has 0 bridgehead atoms. The summed E-state index contributed by atoms with van der Waals surface area (Å²) in [7, 11) is 0. The van der Waals surface area contributed by atoms with Crippen molar-refractivity contribution in [2.24, 2.45) is 0 Å². The van der Waals surface area contributed by atoms with Gasteiger partial charge in [-0.25, -0.2) is 4.98 Å². The molecule has 1 aliphatic rings. The van der Waals surface area contributed by atoms with Crippen LogP contribution in [-0.4, -0.2) is 35.6 Å². The highest BCUT2D eigenvalue weighted by Crippen LogP contribution is 2.25. The van der Waals surface area contributed by atoms with Gasteiger partial charge in [0.2, 0.25) is 0 Å². The van der Waals surface area contributed by atoms with Crippen molar-refractivity contribution < 1.29 is 9.90 Å². The minimum absolute atomic E-state index is 0.0942. The van der Waals surface area contributed by atoms with Gasteiger partial charge >= 0.3 is 0 Å². The maximum atomic E-state index is 11.0. The maximum Gasteiger partial charge on any atom is 0.153 e. The fraction of sp³-hybridized carbons (Fsp3) is 0.538. The van der Waals surface area contributed by atoms with Crippen LogP contribution in [0.5, 0.6) is 0 Å². The van der Waals surface area contributed by atoms with Crippen molar-refractivity contribution in [3.8, 4) is 0 Å². The Morgan fingerprint density at radius 2 is 2.35 bits per heavy atom. The Hall–Kier alpha value is -1.42. The molecule has 2 heterocycles. The highest BCUT2D eigenvalue weighted by Gasteiger charge is 2.24. The van der Waals surface area contributed by atoms with Crippen molar-refractivity contribution in [2.45, 2.75) is 32.2 Å². The zero-order valence-electron chi connectivity index (χ0n) is 10.1. The molecular formula is C13H18N2O2. The summed E-state index contributed by atoms with van der Waals surface area (Å²) < 4.78 is 0. The highest BCUT2D eigenvalue weighted by molar-refractivity contribution is 5.83. The van der Waals surface area contributed by atoms with Crippen LogP contribution < -0.4 is 4.90 Å². The van der Waals surface area contributed by atoms with Gasteiger partial charge in [0.25, 0.3) is 0 Å². The Bertz CT molecular complexity index is 406. The quantitative estimate of drug-likeness (QED) is 0.806. The minimum Gasteiger partial charge on any atom is -0.394 e. The van der Waals surface area contributed by atoms with E-state index in [9.17, 15) is 9.90 Å². The van der Waals surface area contributed by atoms with E-state index >= 15 is 0 Å². The van der Waals surface area contributed by atoms with Crippen molar-refractivity contribution in [3.63, 3.8) is 0 Å². The number of hydrogen-bond donors (Lipinski definition) is 1. The number of aliphatic hydroxyl groups is 1. The third-order valence-corrected chi connectivity index (χ3v) is 3.28. The topological polar surface area (TPSA) is 53.4 Å². The molecule has 92 valence electrons. The van der Waals surface area contributed by atoms with Gasteiger partial charge in [0, 0.05) is 12.2 Å². The number of rotatable bonds is 3. The van der Waals surface area contributed by atoms with E-state index in [1.165, 1.54) is 0 Å². The van der Waals surface area contributed by atoms with Crippen molar-refractivity contribution in [2.75, 3.05) is 18.1 Å². The zero-order valence-corrected chi connectivity index (χ0v) is 10.1. The van der Waals surface area contributed by atoms with Gasteiger partial charge in [0.05, 0.1) is 18.2 Å². The Labute approximate surface area is 101 Å². The minimum atomic E-state index is 0.0942. The molecule has 1 saturated heterocycles. The molecule has 1 unspecified atom stereocenters. The molecule has 2 rings (SSSR count). The number of hydrogen-bond acceptors (Lipinski definition) is 4. The average Bonchev–Trinajstić information content (AvgIpc) is 2.38. The maximum absolute atomic E-state index is 11.0. The van der Waals surface area contributed by atoms with Gasteiger partial charge < -0.3 is 10.0 Å². The molecule has 1 aliphatic heterocycles. The first kappa shape index (κ1) is 12.0. The normalized spacial score (nSPS) is 20.4. The van der Waals surface area contributed by atoms with E-state index in [-0.39, 0.29) is 12.6 Å². The molecular weight excluding hydrogens is 216 g/mol. The number of carbonyl (C=O) groups excluding carboxylic acids is 1. The summed E-state index contributed by atoms with van der Waals surface area (Å²) in [6, 6.07) is 3.73. The van der Waals surface area contributed by atoms with Gasteiger partial charge in [-0.3, -0.25) is 4.79 Å². The Kier molecular flexibility index (Phi) is 3.74. The van der Waals surface area contributed by atoms with E-state index in [1.807, 2.05) is 13.0 Å². The largest absolute Gasteiger partial charge is 0.394 e. The summed E-state index contributed by atoms with van der Waals surface area (Å²) >= 11 is 0. The van der Waals surface area contributed by atoms with Crippen LogP contribution in [0.4, 0.5) is 5.82 Å². The predicted octanol–water partition coefficient (Wildman–Crippen LogP) is 1.55. The van der Waals surface area contributed by atoms with E-state index in [1.54, 1.807) is 6.07 Å². The third kappa shape index (κ3) is 2.47. The smallest absolute Gasteiger partial charge is 0.153 e. The monoisotopic (exact) mass is 234 g/mol. The summed E-state index contributed by atoms with van der Waals surface area (Å²) in [4.78, 5) is 17.6.